The molecular weight excluding hydrogens is 254 g/mol. The van der Waals surface area contributed by atoms with Gasteiger partial charge in [0, 0.05) is 12.8 Å². The average Bonchev–Trinajstić information content (AvgIpc) is 2.29. The van der Waals surface area contributed by atoms with Crippen LogP contribution in [0.25, 0.3) is 0 Å². The number of aliphatic carboxylic acids is 1. The molecule has 0 aromatic carbocycles. The molecule has 0 fully saturated rings. The number of rotatable bonds is 4. The fourth-order valence-electron chi connectivity index (χ4n) is 1.95. The first kappa shape index (κ1) is 15.5. The number of carbonyl (C=O) groups is 2. The Morgan fingerprint density at radius 2 is 2.00 bits per heavy atom. The van der Waals surface area contributed by atoms with Gasteiger partial charge in [-0.2, -0.15) is 0 Å². The monoisotopic (exact) mass is 273 g/mol. The Kier molecular flexibility index (Phi) is 4.90. The topological polar surface area (TPSA) is 116 Å². The molecule has 0 bridgehead atoms. The smallest absolute Gasteiger partial charge is 0.370 e. The second kappa shape index (κ2) is 6.03. The van der Waals surface area contributed by atoms with E-state index in [0.29, 0.717) is 0 Å². The van der Waals surface area contributed by atoms with Crippen LogP contribution in [0.15, 0.2) is 11.8 Å². The predicted octanol–water partition coefficient (Wildman–Crippen LogP) is -0.764. The summed E-state index contributed by atoms with van der Waals surface area (Å²) < 4.78 is 5.28. The normalized spacial score (nSPS) is 29.7. The van der Waals surface area contributed by atoms with Gasteiger partial charge < -0.3 is 25.4 Å². The molecule has 4 N–H and O–H groups in total. The van der Waals surface area contributed by atoms with Crippen LogP contribution in [0.1, 0.15) is 20.8 Å². The largest absolute Gasteiger partial charge is 0.481 e. The lowest BCUT2D eigenvalue weighted by Crippen LogP contribution is -2.56. The highest BCUT2D eigenvalue weighted by atomic mass is 16.5. The summed E-state index contributed by atoms with van der Waals surface area (Å²) in [4.78, 5) is 22.0. The van der Waals surface area contributed by atoms with Crippen LogP contribution in [0.3, 0.4) is 0 Å². The Morgan fingerprint density at radius 1 is 1.42 bits per heavy atom. The second-order valence-corrected chi connectivity index (χ2v) is 4.74. The van der Waals surface area contributed by atoms with E-state index in [9.17, 15) is 19.8 Å². The van der Waals surface area contributed by atoms with Gasteiger partial charge >= 0.3 is 5.97 Å². The van der Waals surface area contributed by atoms with E-state index in [4.69, 9.17) is 9.84 Å². The highest BCUT2D eigenvalue weighted by Crippen LogP contribution is 2.26. The molecule has 0 aromatic rings. The number of carboxylic acids is 1. The standard InChI is InChI=1S/C12H19NO6/c1-5(6(2)14)11-10(13-7(3)15)8(16)4-9(19-11)12(17)18/h4-6,8,10-11,14,16H,1-3H3,(H,13,15)(H,17,18)/t5-,6-,8+,10-,11?/m0/s1. The summed E-state index contributed by atoms with van der Waals surface area (Å²) in [5.74, 6) is -2.52. The molecule has 19 heavy (non-hydrogen) atoms. The van der Waals surface area contributed by atoms with E-state index in [1.54, 1.807) is 6.92 Å². The Bertz CT molecular complexity index is 392. The number of hydrogen-bond acceptors (Lipinski definition) is 5. The molecule has 5 atom stereocenters. The molecule has 0 aromatic heterocycles. The molecule has 0 saturated carbocycles. The van der Waals surface area contributed by atoms with Crippen LogP contribution in [-0.2, 0) is 14.3 Å². The number of aliphatic hydroxyl groups is 2. The molecule has 1 rings (SSSR count). The van der Waals surface area contributed by atoms with Crippen LogP contribution in [0, 0.1) is 5.92 Å². The molecule has 7 nitrogen and oxygen atoms in total. The maximum Gasteiger partial charge on any atom is 0.370 e. The van der Waals surface area contributed by atoms with Gasteiger partial charge in [0.05, 0.1) is 18.2 Å². The summed E-state index contributed by atoms with van der Waals surface area (Å²) in [6, 6.07) is -0.801. The first-order valence-corrected chi connectivity index (χ1v) is 5.99. The third-order valence-corrected chi connectivity index (χ3v) is 3.17. The van der Waals surface area contributed by atoms with Crippen molar-refractivity contribution >= 4 is 11.9 Å². The summed E-state index contributed by atoms with van der Waals surface area (Å²) in [6.07, 6.45) is -1.75. The lowest BCUT2D eigenvalue weighted by molar-refractivity contribution is -0.142. The maximum atomic E-state index is 11.1. The van der Waals surface area contributed by atoms with Crippen molar-refractivity contribution in [3.63, 3.8) is 0 Å². The van der Waals surface area contributed by atoms with Gasteiger partial charge in [-0.15, -0.1) is 0 Å². The fourth-order valence-corrected chi connectivity index (χ4v) is 1.95. The first-order chi connectivity index (χ1) is 8.73. The van der Waals surface area contributed by atoms with Gasteiger partial charge in [-0.1, -0.05) is 6.92 Å². The summed E-state index contributed by atoms with van der Waals surface area (Å²) >= 11 is 0. The number of hydrogen-bond donors (Lipinski definition) is 4. The number of carboxylic acid groups (broad SMARTS) is 1. The Labute approximate surface area is 110 Å². The zero-order valence-corrected chi connectivity index (χ0v) is 11.0. The minimum absolute atomic E-state index is 0.373. The van der Waals surface area contributed by atoms with Crippen molar-refractivity contribution < 1.29 is 29.6 Å². The molecule has 0 spiro atoms. The van der Waals surface area contributed by atoms with Crippen molar-refractivity contribution in [3.8, 4) is 0 Å². The van der Waals surface area contributed by atoms with Gasteiger partial charge in [-0.3, -0.25) is 4.79 Å². The Morgan fingerprint density at radius 3 is 2.42 bits per heavy atom. The van der Waals surface area contributed by atoms with Crippen molar-refractivity contribution in [3.05, 3.63) is 11.8 Å². The van der Waals surface area contributed by atoms with Crippen molar-refractivity contribution in [2.24, 2.45) is 5.92 Å². The zero-order chi connectivity index (χ0) is 14.7. The van der Waals surface area contributed by atoms with E-state index in [1.807, 2.05) is 0 Å². The number of ether oxygens (including phenoxy) is 1. The van der Waals surface area contributed by atoms with Crippen molar-refractivity contribution in [1.82, 2.24) is 5.32 Å². The van der Waals surface area contributed by atoms with Gasteiger partial charge in [0.1, 0.15) is 6.10 Å². The molecular formula is C12H19NO6. The van der Waals surface area contributed by atoms with E-state index in [1.165, 1.54) is 13.8 Å². The second-order valence-electron chi connectivity index (χ2n) is 4.74. The maximum absolute atomic E-state index is 11.1. The highest BCUT2D eigenvalue weighted by Gasteiger charge is 2.40. The van der Waals surface area contributed by atoms with Gasteiger partial charge in [0.15, 0.2) is 0 Å². The Hall–Kier alpha value is -1.60. The van der Waals surface area contributed by atoms with Crippen LogP contribution in [-0.4, -0.2) is 51.5 Å². The molecule has 0 aliphatic carbocycles. The van der Waals surface area contributed by atoms with Gasteiger partial charge in [0.2, 0.25) is 11.7 Å². The van der Waals surface area contributed by atoms with Gasteiger partial charge in [0.25, 0.3) is 0 Å². The quantitative estimate of drug-likeness (QED) is 0.535. The first-order valence-electron chi connectivity index (χ1n) is 5.99. The molecule has 7 heteroatoms. The van der Waals surface area contributed by atoms with E-state index in [0.717, 1.165) is 6.08 Å². The lowest BCUT2D eigenvalue weighted by atomic mass is 9.88. The number of aliphatic hydroxyl groups excluding tert-OH is 2. The van der Waals surface area contributed by atoms with E-state index in [-0.39, 0.29) is 11.7 Å². The third-order valence-electron chi connectivity index (χ3n) is 3.17. The van der Waals surface area contributed by atoms with E-state index in [2.05, 4.69) is 5.32 Å². The third kappa shape index (κ3) is 3.68. The highest BCUT2D eigenvalue weighted by molar-refractivity contribution is 5.84. The van der Waals surface area contributed by atoms with Crippen molar-refractivity contribution in [2.75, 3.05) is 0 Å². The molecule has 0 radical (unpaired) electrons. The molecule has 0 saturated heterocycles. The van der Waals surface area contributed by atoms with Crippen molar-refractivity contribution in [1.29, 1.82) is 0 Å². The molecule has 1 aliphatic rings. The average molecular weight is 273 g/mol. The number of carbonyl (C=O) groups excluding carboxylic acids is 1. The van der Waals surface area contributed by atoms with Crippen LogP contribution in [0.2, 0.25) is 0 Å². The van der Waals surface area contributed by atoms with Crippen LogP contribution in [0.4, 0.5) is 0 Å². The summed E-state index contributed by atoms with van der Waals surface area (Å²) in [5, 5.41) is 30.9. The van der Waals surface area contributed by atoms with Crippen molar-refractivity contribution in [2.45, 2.75) is 45.1 Å². The number of nitrogens with one attached hydrogen (secondary N) is 1. The van der Waals surface area contributed by atoms with Crippen LogP contribution >= 0.6 is 0 Å². The minimum Gasteiger partial charge on any atom is -0.481 e. The van der Waals surface area contributed by atoms with Gasteiger partial charge in [-0.25, -0.2) is 4.79 Å². The molecule has 1 amide bonds. The van der Waals surface area contributed by atoms with E-state index < -0.39 is 36.2 Å². The predicted molar refractivity (Wildman–Crippen MR) is 65.0 cm³/mol. The molecule has 108 valence electrons. The fraction of sp³-hybridized carbons (Fsp3) is 0.667. The lowest BCUT2D eigenvalue weighted by Gasteiger charge is -2.38. The molecule has 1 heterocycles. The zero-order valence-electron chi connectivity index (χ0n) is 11.0. The summed E-state index contributed by atoms with van der Waals surface area (Å²) in [7, 11) is 0. The van der Waals surface area contributed by atoms with Crippen LogP contribution in [0.5, 0.6) is 0 Å². The summed E-state index contributed by atoms with van der Waals surface area (Å²) in [5.41, 5.74) is 0. The minimum atomic E-state index is -1.30. The van der Waals surface area contributed by atoms with Gasteiger partial charge in [-0.05, 0) is 13.0 Å². The number of amides is 1. The molecule has 1 aliphatic heterocycles. The van der Waals surface area contributed by atoms with Crippen LogP contribution < -0.4 is 5.32 Å². The Balaban J connectivity index is 3.03. The molecule has 1 unspecified atom stereocenters. The SMILES string of the molecule is CC(=O)N[C@@H]1C([C@@H](C)[C@H](C)O)OC(C(=O)O)=C[C@H]1O. The summed E-state index contributed by atoms with van der Waals surface area (Å²) in [6.45, 7) is 4.47. The van der Waals surface area contributed by atoms with E-state index >= 15 is 0 Å².